The smallest absolute Gasteiger partial charge is 0.0860 e. The zero-order chi connectivity index (χ0) is 13.9. The van der Waals surface area contributed by atoms with Gasteiger partial charge >= 0.3 is 0 Å². The predicted molar refractivity (Wildman–Crippen MR) is 77.8 cm³/mol. The van der Waals surface area contributed by atoms with Gasteiger partial charge in [-0.15, -0.1) is 0 Å². The van der Waals surface area contributed by atoms with E-state index in [1.807, 2.05) is 18.7 Å². The summed E-state index contributed by atoms with van der Waals surface area (Å²) in [7, 11) is 1.94. The largest absolute Gasteiger partial charge is 0.311 e. The molecule has 0 aliphatic heterocycles. The first-order chi connectivity index (χ1) is 8.34. The Balaban J connectivity index is 2.55. The van der Waals surface area contributed by atoms with Crippen molar-refractivity contribution in [2.24, 2.45) is 24.8 Å². The fourth-order valence-electron chi connectivity index (χ4n) is 2.47. The van der Waals surface area contributed by atoms with Crippen LogP contribution in [0.25, 0.3) is 0 Å². The van der Waals surface area contributed by atoms with Gasteiger partial charge in [0.15, 0.2) is 0 Å². The Morgan fingerprint density at radius 1 is 1.22 bits per heavy atom. The van der Waals surface area contributed by atoms with Gasteiger partial charge in [0.25, 0.3) is 0 Å². The van der Waals surface area contributed by atoms with E-state index in [1.165, 1.54) is 0 Å². The Kier molecular flexibility index (Phi) is 5.67. The van der Waals surface area contributed by atoms with Gasteiger partial charge in [-0.2, -0.15) is 5.10 Å². The first-order valence-electron chi connectivity index (χ1n) is 6.73. The van der Waals surface area contributed by atoms with E-state index in [-0.39, 0.29) is 0 Å². The van der Waals surface area contributed by atoms with Crippen molar-refractivity contribution in [2.45, 2.75) is 41.2 Å². The van der Waals surface area contributed by atoms with Crippen molar-refractivity contribution < 1.29 is 0 Å². The maximum absolute atomic E-state index is 6.23. The Labute approximate surface area is 116 Å². The molecule has 0 spiro atoms. The normalized spacial score (nSPS) is 12.1. The quantitative estimate of drug-likeness (QED) is 0.859. The van der Waals surface area contributed by atoms with E-state index in [4.69, 9.17) is 11.6 Å². The average molecular weight is 272 g/mol. The molecule has 0 bridgehead atoms. The molecule has 104 valence electrons. The van der Waals surface area contributed by atoms with E-state index >= 15 is 0 Å². The molecule has 0 atom stereocenters. The second-order valence-corrected chi connectivity index (χ2v) is 6.13. The highest BCUT2D eigenvalue weighted by atomic mass is 35.5. The van der Waals surface area contributed by atoms with Crippen molar-refractivity contribution in [3.63, 3.8) is 0 Å². The molecule has 1 heterocycles. The zero-order valence-corrected chi connectivity index (χ0v) is 13.2. The molecular weight excluding hydrogens is 246 g/mol. The molecule has 1 rings (SSSR count). The molecule has 1 N–H and O–H groups in total. The lowest BCUT2D eigenvalue weighted by molar-refractivity contribution is 0.275. The number of aromatic nitrogens is 2. The third-order valence-corrected chi connectivity index (χ3v) is 4.14. The molecule has 1 aromatic heterocycles. The summed E-state index contributed by atoms with van der Waals surface area (Å²) in [5.41, 5.74) is 1.97. The van der Waals surface area contributed by atoms with E-state index in [1.54, 1.807) is 0 Å². The van der Waals surface area contributed by atoms with Crippen LogP contribution in [0.1, 0.15) is 39.1 Å². The van der Waals surface area contributed by atoms with Gasteiger partial charge in [0.05, 0.1) is 16.4 Å². The molecule has 0 unspecified atom stereocenters. The highest BCUT2D eigenvalue weighted by Crippen LogP contribution is 2.21. The highest BCUT2D eigenvalue weighted by molar-refractivity contribution is 6.31. The van der Waals surface area contributed by atoms with Gasteiger partial charge in [-0.05, 0) is 31.2 Å². The zero-order valence-electron chi connectivity index (χ0n) is 12.4. The van der Waals surface area contributed by atoms with Gasteiger partial charge in [0.1, 0.15) is 0 Å². The fourth-order valence-corrected chi connectivity index (χ4v) is 2.70. The summed E-state index contributed by atoms with van der Waals surface area (Å²) >= 11 is 6.23. The summed E-state index contributed by atoms with van der Waals surface area (Å²) in [6.07, 6.45) is 0. The molecule has 0 aliphatic carbocycles. The monoisotopic (exact) mass is 271 g/mol. The summed E-state index contributed by atoms with van der Waals surface area (Å²) in [6.45, 7) is 12.9. The SMILES string of the molecule is Cc1nn(C)c(CNCC(C(C)C)C(C)C)c1Cl. The summed E-state index contributed by atoms with van der Waals surface area (Å²) in [6, 6.07) is 0. The second kappa shape index (κ2) is 6.58. The number of halogens is 1. The maximum Gasteiger partial charge on any atom is 0.0860 e. The predicted octanol–water partition coefficient (Wildman–Crippen LogP) is 3.40. The Hall–Kier alpha value is -0.540. The lowest BCUT2D eigenvalue weighted by atomic mass is 9.85. The summed E-state index contributed by atoms with van der Waals surface area (Å²) in [5, 5.41) is 8.63. The molecule has 0 saturated carbocycles. The van der Waals surface area contributed by atoms with Crippen LogP contribution in [-0.4, -0.2) is 16.3 Å². The van der Waals surface area contributed by atoms with Crippen LogP contribution in [0.15, 0.2) is 0 Å². The number of nitrogens with zero attached hydrogens (tertiary/aromatic N) is 2. The lowest BCUT2D eigenvalue weighted by Crippen LogP contribution is -2.30. The number of rotatable bonds is 6. The molecule has 0 aromatic carbocycles. The number of nitrogens with one attached hydrogen (secondary N) is 1. The minimum Gasteiger partial charge on any atom is -0.311 e. The van der Waals surface area contributed by atoms with E-state index in [0.717, 1.165) is 29.5 Å². The first kappa shape index (κ1) is 15.5. The Morgan fingerprint density at radius 2 is 1.78 bits per heavy atom. The van der Waals surface area contributed by atoms with Gasteiger partial charge in [-0.3, -0.25) is 4.68 Å². The first-order valence-corrected chi connectivity index (χ1v) is 7.11. The minimum absolute atomic E-state index is 0.693. The summed E-state index contributed by atoms with van der Waals surface area (Å²) in [4.78, 5) is 0. The van der Waals surface area contributed by atoms with Crippen molar-refractivity contribution in [2.75, 3.05) is 6.54 Å². The molecule has 0 fully saturated rings. The minimum atomic E-state index is 0.693. The average Bonchev–Trinajstić information content (AvgIpc) is 2.48. The molecule has 0 aliphatic rings. The standard InChI is InChI=1S/C14H26ClN3/c1-9(2)12(10(3)4)7-16-8-13-14(15)11(5)17-18(13)6/h9-10,12,16H,7-8H2,1-6H3. The van der Waals surface area contributed by atoms with Gasteiger partial charge in [-0.25, -0.2) is 0 Å². The number of hydrogen-bond acceptors (Lipinski definition) is 2. The van der Waals surface area contributed by atoms with Crippen LogP contribution >= 0.6 is 11.6 Å². The summed E-state index contributed by atoms with van der Waals surface area (Å²) < 4.78 is 1.87. The van der Waals surface area contributed by atoms with Gasteiger partial charge < -0.3 is 5.32 Å². The van der Waals surface area contributed by atoms with Crippen molar-refractivity contribution in [1.82, 2.24) is 15.1 Å². The van der Waals surface area contributed by atoms with E-state index in [2.05, 4.69) is 38.1 Å². The fraction of sp³-hybridized carbons (Fsp3) is 0.786. The van der Waals surface area contributed by atoms with Crippen LogP contribution in [0, 0.1) is 24.7 Å². The van der Waals surface area contributed by atoms with Crippen LogP contribution in [-0.2, 0) is 13.6 Å². The molecule has 0 radical (unpaired) electrons. The molecule has 0 saturated heterocycles. The van der Waals surface area contributed by atoms with Gasteiger partial charge in [0.2, 0.25) is 0 Å². The van der Waals surface area contributed by atoms with E-state index in [9.17, 15) is 0 Å². The third-order valence-electron chi connectivity index (χ3n) is 3.65. The molecule has 4 heteroatoms. The van der Waals surface area contributed by atoms with Crippen LogP contribution < -0.4 is 5.32 Å². The molecule has 18 heavy (non-hydrogen) atoms. The van der Waals surface area contributed by atoms with Crippen molar-refractivity contribution in [3.05, 3.63) is 16.4 Å². The van der Waals surface area contributed by atoms with Crippen LogP contribution in [0.5, 0.6) is 0 Å². The third kappa shape index (κ3) is 3.72. The van der Waals surface area contributed by atoms with Crippen molar-refractivity contribution in [3.8, 4) is 0 Å². The number of hydrogen-bond donors (Lipinski definition) is 1. The lowest BCUT2D eigenvalue weighted by Gasteiger charge is -2.25. The Bertz CT molecular complexity index is 375. The topological polar surface area (TPSA) is 29.9 Å². The van der Waals surface area contributed by atoms with E-state index < -0.39 is 0 Å². The summed E-state index contributed by atoms with van der Waals surface area (Å²) in [5.74, 6) is 2.08. The molecule has 0 amide bonds. The van der Waals surface area contributed by atoms with Crippen molar-refractivity contribution >= 4 is 11.6 Å². The van der Waals surface area contributed by atoms with Crippen molar-refractivity contribution in [1.29, 1.82) is 0 Å². The van der Waals surface area contributed by atoms with Crippen LogP contribution in [0.2, 0.25) is 5.02 Å². The highest BCUT2D eigenvalue weighted by Gasteiger charge is 2.17. The van der Waals surface area contributed by atoms with Gasteiger partial charge in [0, 0.05) is 13.6 Å². The number of aryl methyl sites for hydroxylation is 2. The Morgan fingerprint density at radius 3 is 2.17 bits per heavy atom. The van der Waals surface area contributed by atoms with E-state index in [0.29, 0.717) is 17.8 Å². The molecule has 3 nitrogen and oxygen atoms in total. The molecule has 1 aromatic rings. The maximum atomic E-state index is 6.23. The second-order valence-electron chi connectivity index (χ2n) is 5.75. The van der Waals surface area contributed by atoms with Crippen LogP contribution in [0.4, 0.5) is 0 Å². The van der Waals surface area contributed by atoms with Crippen LogP contribution in [0.3, 0.4) is 0 Å². The van der Waals surface area contributed by atoms with Gasteiger partial charge in [-0.1, -0.05) is 39.3 Å². The molecular formula is C14H26ClN3.